The molecule has 2 aliphatic carbocycles. The molecule has 4 aliphatic rings. The fraction of sp³-hybridized carbons (Fsp3) is 0.765. The molecule has 0 aromatic carbocycles. The molecular formula is C17H22O7. The van der Waals surface area contributed by atoms with E-state index in [-0.39, 0.29) is 0 Å². The van der Waals surface area contributed by atoms with Crippen LogP contribution in [0.1, 0.15) is 27.2 Å². The number of carbonyl (C=O) groups is 2. The fourth-order valence-corrected chi connectivity index (χ4v) is 5.30. The Hall–Kier alpha value is -1.28. The lowest BCUT2D eigenvalue weighted by molar-refractivity contribution is -0.244. The summed E-state index contributed by atoms with van der Waals surface area (Å²) in [6.07, 6.45) is -0.991. The van der Waals surface area contributed by atoms with Gasteiger partial charge in [-0.1, -0.05) is 6.92 Å². The molecule has 2 bridgehead atoms. The molecule has 1 unspecified atom stereocenters. The second kappa shape index (κ2) is 4.66. The Morgan fingerprint density at radius 2 is 2.17 bits per heavy atom. The van der Waals surface area contributed by atoms with Crippen LogP contribution in [0.4, 0.5) is 0 Å². The number of esters is 1. The van der Waals surface area contributed by atoms with Crippen LogP contribution in [-0.2, 0) is 23.8 Å². The number of carbonyl (C=O) groups excluding carboxylic acids is 2. The first kappa shape index (κ1) is 16.2. The Morgan fingerprint density at radius 3 is 2.71 bits per heavy atom. The summed E-state index contributed by atoms with van der Waals surface area (Å²) in [5, 5.41) is 21.1. The second-order valence-corrected chi connectivity index (χ2v) is 7.65. The molecule has 4 rings (SSSR count). The van der Waals surface area contributed by atoms with E-state index < -0.39 is 59.2 Å². The van der Waals surface area contributed by atoms with Gasteiger partial charge in [-0.05, 0) is 25.0 Å². The maximum Gasteiger partial charge on any atom is 0.302 e. The average molecular weight is 338 g/mol. The molecule has 2 N–H and O–H groups in total. The van der Waals surface area contributed by atoms with Gasteiger partial charge in [0.1, 0.15) is 23.9 Å². The molecule has 0 aromatic heterocycles. The van der Waals surface area contributed by atoms with Crippen LogP contribution in [-0.4, -0.2) is 65.2 Å². The molecule has 2 heterocycles. The van der Waals surface area contributed by atoms with Crippen LogP contribution in [0.2, 0.25) is 0 Å². The number of hydrogen-bond acceptors (Lipinski definition) is 7. The van der Waals surface area contributed by atoms with Crippen LogP contribution in [0.25, 0.3) is 0 Å². The molecule has 2 saturated heterocycles. The SMILES string of the molecule is CC(=O)O[C@@H]1C[C@]2(C)[C@@]3(CO)[C@H](O)C(=O)C(C)=C[C@H]3OC1[C@@]21CO1. The number of aliphatic hydroxyl groups is 2. The molecule has 1 spiro atoms. The van der Waals surface area contributed by atoms with Crippen LogP contribution in [0, 0.1) is 10.8 Å². The van der Waals surface area contributed by atoms with Gasteiger partial charge in [-0.3, -0.25) is 9.59 Å². The normalized spacial score (nSPS) is 52.0. The number of fused-ring (bicyclic) bond motifs is 2. The van der Waals surface area contributed by atoms with E-state index in [0.717, 1.165) is 0 Å². The highest BCUT2D eigenvalue weighted by atomic mass is 16.7. The third-order valence-electron chi connectivity index (χ3n) is 6.73. The van der Waals surface area contributed by atoms with Gasteiger partial charge in [0.25, 0.3) is 0 Å². The third kappa shape index (κ3) is 1.57. The number of Topliss-reactive ketones (excluding diaryl/α,β-unsaturated/α-hetero) is 1. The average Bonchev–Trinajstić information content (AvgIpc) is 3.27. The summed E-state index contributed by atoms with van der Waals surface area (Å²) in [5.74, 6) is -0.824. The minimum Gasteiger partial charge on any atom is -0.460 e. The number of ether oxygens (including phenoxy) is 3. The lowest BCUT2D eigenvalue weighted by Crippen LogP contribution is -2.70. The molecular weight excluding hydrogens is 316 g/mol. The first-order chi connectivity index (χ1) is 11.2. The quantitative estimate of drug-likeness (QED) is 0.527. The van der Waals surface area contributed by atoms with Crippen molar-refractivity contribution in [1.82, 2.24) is 0 Å². The lowest BCUT2D eigenvalue weighted by atomic mass is 9.50. The molecule has 132 valence electrons. The van der Waals surface area contributed by atoms with E-state index in [0.29, 0.717) is 18.6 Å². The highest BCUT2D eigenvalue weighted by molar-refractivity contribution is 6.00. The van der Waals surface area contributed by atoms with Crippen molar-refractivity contribution in [3.05, 3.63) is 11.6 Å². The molecule has 7 nitrogen and oxygen atoms in total. The van der Waals surface area contributed by atoms with Gasteiger partial charge in [-0.2, -0.15) is 0 Å². The zero-order chi connectivity index (χ0) is 17.5. The maximum absolute atomic E-state index is 12.4. The molecule has 0 aromatic rings. The first-order valence-electron chi connectivity index (χ1n) is 8.22. The van der Waals surface area contributed by atoms with E-state index in [1.54, 1.807) is 13.0 Å². The Labute approximate surface area is 139 Å². The van der Waals surface area contributed by atoms with Gasteiger partial charge in [0.15, 0.2) is 5.78 Å². The topological polar surface area (TPSA) is 106 Å². The Bertz CT molecular complexity index is 651. The van der Waals surface area contributed by atoms with Crippen LogP contribution in [0.15, 0.2) is 11.6 Å². The molecule has 0 amide bonds. The van der Waals surface area contributed by atoms with Crippen LogP contribution >= 0.6 is 0 Å². The summed E-state index contributed by atoms with van der Waals surface area (Å²) >= 11 is 0. The van der Waals surface area contributed by atoms with Gasteiger partial charge in [0.05, 0.1) is 24.7 Å². The molecule has 2 aliphatic heterocycles. The van der Waals surface area contributed by atoms with Gasteiger partial charge in [0.2, 0.25) is 0 Å². The number of epoxide rings is 1. The highest BCUT2D eigenvalue weighted by Gasteiger charge is 2.83. The summed E-state index contributed by atoms with van der Waals surface area (Å²) in [4.78, 5) is 23.9. The summed E-state index contributed by atoms with van der Waals surface area (Å²) in [6, 6.07) is 0. The van der Waals surface area contributed by atoms with Gasteiger partial charge in [-0.15, -0.1) is 0 Å². The van der Waals surface area contributed by atoms with E-state index in [2.05, 4.69) is 0 Å². The van der Waals surface area contributed by atoms with Crippen molar-refractivity contribution in [2.24, 2.45) is 10.8 Å². The summed E-state index contributed by atoms with van der Waals surface area (Å²) in [5.41, 5.74) is -2.30. The smallest absolute Gasteiger partial charge is 0.302 e. The predicted octanol–water partition coefficient (Wildman–Crippen LogP) is -0.267. The van der Waals surface area contributed by atoms with Gasteiger partial charge in [-0.25, -0.2) is 0 Å². The summed E-state index contributed by atoms with van der Waals surface area (Å²) < 4.78 is 17.4. The summed E-state index contributed by atoms with van der Waals surface area (Å²) in [7, 11) is 0. The van der Waals surface area contributed by atoms with Crippen molar-refractivity contribution in [3.8, 4) is 0 Å². The Kier molecular flexibility index (Phi) is 3.15. The van der Waals surface area contributed by atoms with E-state index in [4.69, 9.17) is 14.2 Å². The maximum atomic E-state index is 12.4. The van der Waals surface area contributed by atoms with E-state index >= 15 is 0 Å². The zero-order valence-corrected chi connectivity index (χ0v) is 13.9. The number of rotatable bonds is 2. The van der Waals surface area contributed by atoms with Crippen LogP contribution < -0.4 is 0 Å². The van der Waals surface area contributed by atoms with Crippen molar-refractivity contribution >= 4 is 11.8 Å². The minimum absolute atomic E-state index is 0.367. The Morgan fingerprint density at radius 1 is 1.50 bits per heavy atom. The summed E-state index contributed by atoms with van der Waals surface area (Å²) in [6.45, 7) is 4.83. The molecule has 7 atom stereocenters. The second-order valence-electron chi connectivity index (χ2n) is 7.65. The monoisotopic (exact) mass is 338 g/mol. The molecule has 0 radical (unpaired) electrons. The van der Waals surface area contributed by atoms with E-state index in [1.807, 2.05) is 6.92 Å². The van der Waals surface area contributed by atoms with Gasteiger partial charge in [0, 0.05) is 12.3 Å². The van der Waals surface area contributed by atoms with Gasteiger partial charge >= 0.3 is 5.97 Å². The third-order valence-corrected chi connectivity index (χ3v) is 6.73. The van der Waals surface area contributed by atoms with Crippen molar-refractivity contribution in [2.75, 3.05) is 13.2 Å². The van der Waals surface area contributed by atoms with E-state index in [9.17, 15) is 19.8 Å². The first-order valence-corrected chi connectivity index (χ1v) is 8.22. The fourth-order valence-electron chi connectivity index (χ4n) is 5.30. The number of ketones is 1. The molecule has 3 fully saturated rings. The van der Waals surface area contributed by atoms with E-state index in [1.165, 1.54) is 6.92 Å². The van der Waals surface area contributed by atoms with Crippen molar-refractivity contribution in [2.45, 2.75) is 57.2 Å². The van der Waals surface area contributed by atoms with Crippen LogP contribution in [0.5, 0.6) is 0 Å². The minimum atomic E-state index is -1.39. The number of hydrogen-bond donors (Lipinski definition) is 2. The van der Waals surface area contributed by atoms with Crippen molar-refractivity contribution < 1.29 is 34.0 Å². The van der Waals surface area contributed by atoms with Gasteiger partial charge < -0.3 is 24.4 Å². The standard InChI is InChI=1S/C17H22O7/c1-8-4-11-16(6-18,13(21)12(8)20)15(3)5-10(23-9(2)19)14(24-11)17(15)7-22-17/h4,10-11,13-14,18,21H,5-7H2,1-3H3/t10-,11-,13-,14?,15-,16-,17+/m1/s1. The Balaban J connectivity index is 1.87. The zero-order valence-electron chi connectivity index (χ0n) is 13.9. The van der Waals surface area contributed by atoms with Crippen LogP contribution in [0.3, 0.4) is 0 Å². The molecule has 24 heavy (non-hydrogen) atoms. The lowest BCUT2D eigenvalue weighted by Gasteiger charge is -2.58. The molecule has 7 heteroatoms. The van der Waals surface area contributed by atoms with Crippen molar-refractivity contribution in [1.29, 1.82) is 0 Å². The largest absolute Gasteiger partial charge is 0.460 e. The van der Waals surface area contributed by atoms with Crippen molar-refractivity contribution in [3.63, 3.8) is 0 Å². The highest BCUT2D eigenvalue weighted by Crippen LogP contribution is 2.71. The number of aliphatic hydroxyl groups excluding tert-OH is 2. The predicted molar refractivity (Wildman–Crippen MR) is 79.9 cm³/mol. The molecule has 1 saturated carbocycles.